The Balaban J connectivity index is 1.60. The van der Waals surface area contributed by atoms with Crippen LogP contribution in [0.15, 0.2) is 47.4 Å². The summed E-state index contributed by atoms with van der Waals surface area (Å²) in [7, 11) is -1.85. The summed E-state index contributed by atoms with van der Waals surface area (Å²) in [5, 5.41) is 9.88. The van der Waals surface area contributed by atoms with Crippen LogP contribution < -0.4 is 9.46 Å². The second kappa shape index (κ2) is 13.3. The van der Waals surface area contributed by atoms with Gasteiger partial charge in [0.1, 0.15) is 17.7 Å². The fourth-order valence-corrected chi connectivity index (χ4v) is 6.78. The van der Waals surface area contributed by atoms with Gasteiger partial charge in [-0.15, -0.1) is 0 Å². The normalized spacial score (nSPS) is 21.6. The number of benzene rings is 2. The van der Waals surface area contributed by atoms with Crippen LogP contribution >= 0.6 is 0 Å². The minimum absolute atomic E-state index is 0.00312. The molecule has 1 fully saturated rings. The molecule has 2 aromatic carbocycles. The molecular formula is C30H42FN3O5S. The van der Waals surface area contributed by atoms with Gasteiger partial charge in [0.2, 0.25) is 5.91 Å². The van der Waals surface area contributed by atoms with E-state index in [0.717, 1.165) is 18.7 Å². The van der Waals surface area contributed by atoms with Crippen molar-refractivity contribution in [2.24, 2.45) is 11.8 Å². The third-order valence-corrected chi connectivity index (χ3v) is 9.48. The van der Waals surface area contributed by atoms with Crippen LogP contribution in [0.25, 0.3) is 0 Å². The molecule has 8 nitrogen and oxygen atoms in total. The Morgan fingerprint density at radius 1 is 1.12 bits per heavy atom. The van der Waals surface area contributed by atoms with Gasteiger partial charge in [-0.2, -0.15) is 0 Å². The second-order valence-corrected chi connectivity index (χ2v) is 13.2. The number of aliphatic hydroxyl groups is 1. The summed E-state index contributed by atoms with van der Waals surface area (Å²) in [6.45, 7) is 5.86. The summed E-state index contributed by atoms with van der Waals surface area (Å²) in [6, 6.07) is 9.16. The Morgan fingerprint density at radius 3 is 2.50 bits per heavy atom. The van der Waals surface area contributed by atoms with Crippen molar-refractivity contribution in [2.75, 3.05) is 38.0 Å². The lowest BCUT2D eigenvalue weighted by Gasteiger charge is -2.35. The summed E-state index contributed by atoms with van der Waals surface area (Å²) in [5.41, 5.74) is 0.841. The fraction of sp³-hybridized carbons (Fsp3) is 0.567. The van der Waals surface area contributed by atoms with E-state index >= 15 is 0 Å². The van der Waals surface area contributed by atoms with Gasteiger partial charge in [0.25, 0.3) is 10.0 Å². The number of anilines is 1. The van der Waals surface area contributed by atoms with Crippen molar-refractivity contribution >= 4 is 21.6 Å². The van der Waals surface area contributed by atoms with E-state index in [4.69, 9.17) is 4.74 Å². The molecule has 2 aliphatic rings. The molecule has 1 aliphatic carbocycles. The van der Waals surface area contributed by atoms with E-state index in [2.05, 4.69) is 23.6 Å². The highest BCUT2D eigenvalue weighted by atomic mass is 32.2. The molecule has 0 radical (unpaired) electrons. The average molecular weight is 576 g/mol. The SMILES string of the molecule is C[C@H]1CN([C@@H](C)CO)C(=O)Cc2cc(NS(=O)(=O)c3ccc(F)cc3)ccc2O[C@@H]1CN(C)CC1CCCCC1. The molecule has 2 N–H and O–H groups in total. The van der Waals surface area contributed by atoms with Crippen LogP contribution in [-0.2, 0) is 21.2 Å². The highest BCUT2D eigenvalue weighted by molar-refractivity contribution is 7.92. The number of likely N-dealkylation sites (N-methyl/N-ethyl adjacent to an activating group) is 1. The minimum Gasteiger partial charge on any atom is -0.488 e. The van der Waals surface area contributed by atoms with E-state index < -0.39 is 15.8 Å². The van der Waals surface area contributed by atoms with E-state index in [-0.39, 0.29) is 47.6 Å². The quantitative estimate of drug-likeness (QED) is 0.463. The number of fused-ring (bicyclic) bond motifs is 1. The standard InChI is InChI=1S/C30H42FN3O5S/c1-21-17-34(22(2)20-35)30(36)16-24-15-26(32-40(37,38)27-12-9-25(31)10-13-27)11-14-28(24)39-29(21)19-33(3)18-23-7-5-4-6-8-23/h9-15,21-23,29,32,35H,4-8,16-20H2,1-3H3/t21-,22-,29+/m0/s1. The number of carbonyl (C=O) groups excluding carboxylic acids is 1. The summed E-state index contributed by atoms with van der Waals surface area (Å²) in [6.07, 6.45) is 6.17. The zero-order valence-corrected chi connectivity index (χ0v) is 24.5. The number of sulfonamides is 1. The number of halogens is 1. The van der Waals surface area contributed by atoms with Crippen LogP contribution in [0.2, 0.25) is 0 Å². The van der Waals surface area contributed by atoms with Gasteiger partial charge in [0.15, 0.2) is 0 Å². The first-order chi connectivity index (χ1) is 19.1. The van der Waals surface area contributed by atoms with E-state index in [1.54, 1.807) is 23.1 Å². The molecule has 1 heterocycles. The highest BCUT2D eigenvalue weighted by Gasteiger charge is 2.31. The number of amides is 1. The lowest BCUT2D eigenvalue weighted by molar-refractivity contribution is -0.134. The van der Waals surface area contributed by atoms with Gasteiger partial charge < -0.3 is 19.6 Å². The Labute approximate surface area is 237 Å². The Morgan fingerprint density at radius 2 is 1.82 bits per heavy atom. The molecule has 1 aliphatic heterocycles. The molecule has 0 saturated heterocycles. The maximum Gasteiger partial charge on any atom is 0.261 e. The van der Waals surface area contributed by atoms with E-state index in [1.165, 1.54) is 44.2 Å². The van der Waals surface area contributed by atoms with E-state index in [0.29, 0.717) is 30.3 Å². The van der Waals surface area contributed by atoms with Crippen LogP contribution in [-0.4, -0.2) is 74.7 Å². The first-order valence-electron chi connectivity index (χ1n) is 14.2. The zero-order valence-electron chi connectivity index (χ0n) is 23.7. The van der Waals surface area contributed by atoms with Crippen molar-refractivity contribution < 1.29 is 27.4 Å². The van der Waals surface area contributed by atoms with E-state index in [9.17, 15) is 22.7 Å². The molecule has 3 atom stereocenters. The van der Waals surface area contributed by atoms with Crippen molar-refractivity contribution in [3.05, 3.63) is 53.8 Å². The van der Waals surface area contributed by atoms with Crippen LogP contribution in [0.4, 0.5) is 10.1 Å². The molecule has 0 bridgehead atoms. The molecule has 0 aromatic heterocycles. The molecular weight excluding hydrogens is 533 g/mol. The number of nitrogens with one attached hydrogen (secondary N) is 1. The van der Waals surface area contributed by atoms with Gasteiger partial charge in [-0.1, -0.05) is 26.2 Å². The third-order valence-electron chi connectivity index (χ3n) is 8.08. The van der Waals surface area contributed by atoms with Crippen molar-refractivity contribution in [3.63, 3.8) is 0 Å². The molecule has 4 rings (SSSR count). The average Bonchev–Trinajstić information content (AvgIpc) is 2.96. The van der Waals surface area contributed by atoms with Crippen LogP contribution in [0.5, 0.6) is 5.75 Å². The largest absolute Gasteiger partial charge is 0.488 e. The first kappa shape index (κ1) is 30.3. The number of aliphatic hydroxyl groups excluding tert-OH is 1. The summed E-state index contributed by atoms with van der Waals surface area (Å²) in [4.78, 5) is 17.4. The smallest absolute Gasteiger partial charge is 0.261 e. The molecule has 1 amide bonds. The summed E-state index contributed by atoms with van der Waals surface area (Å²) in [5.74, 6) is 0.533. The van der Waals surface area contributed by atoms with Crippen LogP contribution in [0, 0.1) is 17.7 Å². The second-order valence-electron chi connectivity index (χ2n) is 11.5. The Kier molecular flexibility index (Phi) is 10.1. The monoisotopic (exact) mass is 575 g/mol. The topological polar surface area (TPSA) is 99.2 Å². The van der Waals surface area contributed by atoms with E-state index in [1.807, 2.05) is 6.92 Å². The maximum atomic E-state index is 13.4. The van der Waals surface area contributed by atoms with Gasteiger partial charge >= 0.3 is 0 Å². The van der Waals surface area contributed by atoms with Crippen molar-refractivity contribution in [1.82, 2.24) is 9.80 Å². The predicted octanol–water partition coefficient (Wildman–Crippen LogP) is 4.29. The fourth-order valence-electron chi connectivity index (χ4n) is 5.73. The first-order valence-corrected chi connectivity index (χ1v) is 15.7. The number of carbonyl (C=O) groups is 1. The summed E-state index contributed by atoms with van der Waals surface area (Å²) >= 11 is 0. The van der Waals surface area contributed by atoms with Crippen LogP contribution in [0.3, 0.4) is 0 Å². The van der Waals surface area contributed by atoms with Gasteiger partial charge in [-0.3, -0.25) is 9.52 Å². The molecule has 1 saturated carbocycles. The lowest BCUT2D eigenvalue weighted by atomic mass is 9.89. The van der Waals surface area contributed by atoms with Gasteiger partial charge in [0.05, 0.1) is 24.0 Å². The summed E-state index contributed by atoms with van der Waals surface area (Å²) < 4.78 is 48.3. The lowest BCUT2D eigenvalue weighted by Crippen LogP contribution is -2.48. The Bertz CT molecular complexity index is 1250. The Hall–Kier alpha value is -2.69. The number of ether oxygens (including phenoxy) is 1. The predicted molar refractivity (Wildman–Crippen MR) is 153 cm³/mol. The number of nitrogens with zero attached hydrogens (tertiary/aromatic N) is 2. The van der Waals surface area contributed by atoms with Gasteiger partial charge in [-0.25, -0.2) is 12.8 Å². The van der Waals surface area contributed by atoms with Gasteiger partial charge in [0, 0.05) is 36.8 Å². The van der Waals surface area contributed by atoms with Crippen molar-refractivity contribution in [1.29, 1.82) is 0 Å². The minimum atomic E-state index is -3.96. The zero-order chi connectivity index (χ0) is 28.9. The number of rotatable bonds is 9. The van der Waals surface area contributed by atoms with Gasteiger partial charge in [-0.05, 0) is 75.2 Å². The number of hydrogen-bond acceptors (Lipinski definition) is 6. The molecule has 40 heavy (non-hydrogen) atoms. The van der Waals surface area contributed by atoms with Crippen molar-refractivity contribution in [3.8, 4) is 5.75 Å². The third kappa shape index (κ3) is 7.73. The molecule has 0 spiro atoms. The molecule has 2 aromatic rings. The molecule has 10 heteroatoms. The maximum absolute atomic E-state index is 13.4. The molecule has 220 valence electrons. The number of hydrogen-bond donors (Lipinski definition) is 2. The molecule has 0 unspecified atom stereocenters. The van der Waals surface area contributed by atoms with Crippen LogP contribution in [0.1, 0.15) is 51.5 Å². The van der Waals surface area contributed by atoms with Crippen molar-refractivity contribution in [2.45, 2.75) is 69.4 Å². The highest BCUT2D eigenvalue weighted by Crippen LogP contribution is 2.31.